The highest BCUT2D eigenvalue weighted by Gasteiger charge is 2.18. The Bertz CT molecular complexity index is 607. The third-order valence-electron chi connectivity index (χ3n) is 3.85. The zero-order valence-electron chi connectivity index (χ0n) is 12.7. The van der Waals surface area contributed by atoms with Crippen LogP contribution in [0.4, 0.5) is 5.82 Å². The molecule has 1 aliphatic heterocycles. The van der Waals surface area contributed by atoms with Gasteiger partial charge in [0.1, 0.15) is 5.82 Å². The van der Waals surface area contributed by atoms with Gasteiger partial charge in [-0.1, -0.05) is 5.16 Å². The lowest BCUT2D eigenvalue weighted by Gasteiger charge is -2.31. The summed E-state index contributed by atoms with van der Waals surface area (Å²) in [4.78, 5) is 11.1. The van der Waals surface area contributed by atoms with Gasteiger partial charge in [0.05, 0.1) is 6.61 Å². The van der Waals surface area contributed by atoms with Gasteiger partial charge in [0.2, 0.25) is 0 Å². The van der Waals surface area contributed by atoms with Gasteiger partial charge in [-0.05, 0) is 25.0 Å². The van der Waals surface area contributed by atoms with Crippen LogP contribution in [0.5, 0.6) is 0 Å². The maximum atomic E-state index is 5.95. The Morgan fingerprint density at radius 3 is 3.00 bits per heavy atom. The summed E-state index contributed by atoms with van der Waals surface area (Å²) in [5.74, 6) is 2.10. The van der Waals surface area contributed by atoms with Gasteiger partial charge in [-0.15, -0.1) is 0 Å². The normalized spacial score (nSPS) is 16.2. The summed E-state index contributed by atoms with van der Waals surface area (Å²) in [5.41, 5.74) is 6.83. The molecule has 118 valence electrons. The SMILES string of the molecule is COCCc1noc(-c2ccnc(N3CCC(N)CC3)c2)n1. The van der Waals surface area contributed by atoms with Gasteiger partial charge >= 0.3 is 0 Å². The van der Waals surface area contributed by atoms with Crippen LogP contribution >= 0.6 is 0 Å². The van der Waals surface area contributed by atoms with E-state index in [1.165, 1.54) is 0 Å². The Morgan fingerprint density at radius 2 is 2.23 bits per heavy atom. The molecule has 0 atom stereocenters. The van der Waals surface area contributed by atoms with Gasteiger partial charge in [0.15, 0.2) is 5.82 Å². The van der Waals surface area contributed by atoms with Crippen LogP contribution in [-0.2, 0) is 11.2 Å². The maximum Gasteiger partial charge on any atom is 0.258 e. The van der Waals surface area contributed by atoms with Crippen molar-refractivity contribution in [1.82, 2.24) is 15.1 Å². The molecule has 2 N–H and O–H groups in total. The van der Waals surface area contributed by atoms with E-state index >= 15 is 0 Å². The number of methoxy groups -OCH3 is 1. The van der Waals surface area contributed by atoms with Crippen LogP contribution in [0, 0.1) is 0 Å². The minimum Gasteiger partial charge on any atom is -0.384 e. The smallest absolute Gasteiger partial charge is 0.258 e. The molecule has 2 aromatic heterocycles. The van der Waals surface area contributed by atoms with Crippen molar-refractivity contribution >= 4 is 5.82 Å². The minimum absolute atomic E-state index is 0.304. The molecule has 1 fully saturated rings. The number of nitrogens with two attached hydrogens (primary N) is 1. The number of nitrogens with zero attached hydrogens (tertiary/aromatic N) is 4. The predicted molar refractivity (Wildman–Crippen MR) is 82.5 cm³/mol. The minimum atomic E-state index is 0.304. The number of rotatable bonds is 5. The van der Waals surface area contributed by atoms with Crippen molar-refractivity contribution in [3.8, 4) is 11.5 Å². The summed E-state index contributed by atoms with van der Waals surface area (Å²) in [6.45, 7) is 2.44. The van der Waals surface area contributed by atoms with Crippen LogP contribution in [0.15, 0.2) is 22.9 Å². The Morgan fingerprint density at radius 1 is 1.41 bits per heavy atom. The number of hydrogen-bond acceptors (Lipinski definition) is 7. The summed E-state index contributed by atoms with van der Waals surface area (Å²) in [5, 5.41) is 3.97. The molecule has 2 aromatic rings. The molecule has 22 heavy (non-hydrogen) atoms. The van der Waals surface area contributed by atoms with Gasteiger partial charge in [-0.2, -0.15) is 4.98 Å². The summed E-state index contributed by atoms with van der Waals surface area (Å²) < 4.78 is 10.3. The molecular weight excluding hydrogens is 282 g/mol. The lowest BCUT2D eigenvalue weighted by Crippen LogP contribution is -2.40. The van der Waals surface area contributed by atoms with Gasteiger partial charge in [0, 0.05) is 44.4 Å². The van der Waals surface area contributed by atoms with Crippen molar-refractivity contribution in [1.29, 1.82) is 0 Å². The topological polar surface area (TPSA) is 90.3 Å². The van der Waals surface area contributed by atoms with Gasteiger partial charge in [0.25, 0.3) is 5.89 Å². The summed E-state index contributed by atoms with van der Waals surface area (Å²) >= 11 is 0. The molecule has 1 aliphatic rings. The van der Waals surface area contributed by atoms with E-state index in [0.717, 1.165) is 37.3 Å². The summed E-state index contributed by atoms with van der Waals surface area (Å²) in [6.07, 6.45) is 4.40. The molecule has 0 aliphatic carbocycles. The Hall–Kier alpha value is -1.99. The van der Waals surface area contributed by atoms with E-state index < -0.39 is 0 Å². The van der Waals surface area contributed by atoms with E-state index in [1.807, 2.05) is 12.1 Å². The molecule has 1 saturated heterocycles. The van der Waals surface area contributed by atoms with Crippen molar-refractivity contribution in [2.45, 2.75) is 25.3 Å². The summed E-state index contributed by atoms with van der Waals surface area (Å²) in [6, 6.07) is 4.18. The van der Waals surface area contributed by atoms with Crippen LogP contribution in [0.1, 0.15) is 18.7 Å². The zero-order valence-corrected chi connectivity index (χ0v) is 12.7. The first-order valence-corrected chi connectivity index (χ1v) is 7.55. The molecule has 3 rings (SSSR count). The predicted octanol–water partition coefficient (Wildman–Crippen LogP) is 1.25. The largest absolute Gasteiger partial charge is 0.384 e. The first-order valence-electron chi connectivity index (χ1n) is 7.55. The number of pyridine rings is 1. The Kier molecular flexibility index (Phi) is 4.65. The van der Waals surface area contributed by atoms with E-state index in [1.54, 1.807) is 13.3 Å². The second kappa shape index (κ2) is 6.85. The molecule has 0 bridgehead atoms. The van der Waals surface area contributed by atoms with Gasteiger partial charge in [-0.3, -0.25) is 0 Å². The molecule has 0 saturated carbocycles. The van der Waals surface area contributed by atoms with Crippen molar-refractivity contribution in [2.75, 3.05) is 31.7 Å². The molecule has 7 heteroatoms. The lowest BCUT2D eigenvalue weighted by molar-refractivity contribution is 0.199. The van der Waals surface area contributed by atoms with Gasteiger partial charge in [-0.25, -0.2) is 4.98 Å². The number of anilines is 1. The van der Waals surface area contributed by atoms with Crippen LogP contribution in [0.2, 0.25) is 0 Å². The fraction of sp³-hybridized carbons (Fsp3) is 0.533. The first-order chi connectivity index (χ1) is 10.8. The molecule has 0 radical (unpaired) electrons. The third-order valence-corrected chi connectivity index (χ3v) is 3.85. The second-order valence-corrected chi connectivity index (χ2v) is 5.49. The Labute approximate surface area is 129 Å². The number of piperidine rings is 1. The molecule has 0 aromatic carbocycles. The van der Waals surface area contributed by atoms with E-state index in [-0.39, 0.29) is 0 Å². The van der Waals surface area contributed by atoms with E-state index in [9.17, 15) is 0 Å². The molecule has 0 amide bonds. The van der Waals surface area contributed by atoms with Crippen molar-refractivity contribution in [2.24, 2.45) is 5.73 Å². The van der Waals surface area contributed by atoms with Crippen LogP contribution in [0.3, 0.4) is 0 Å². The zero-order chi connectivity index (χ0) is 15.4. The first kappa shape index (κ1) is 14.9. The quantitative estimate of drug-likeness (QED) is 0.888. The van der Waals surface area contributed by atoms with E-state index in [0.29, 0.717) is 30.8 Å². The molecule has 0 unspecified atom stereocenters. The highest BCUT2D eigenvalue weighted by molar-refractivity contribution is 5.58. The monoisotopic (exact) mass is 303 g/mol. The molecule has 0 spiro atoms. The van der Waals surface area contributed by atoms with Crippen LogP contribution in [-0.4, -0.2) is 48.0 Å². The fourth-order valence-corrected chi connectivity index (χ4v) is 2.52. The fourth-order valence-electron chi connectivity index (χ4n) is 2.52. The summed E-state index contributed by atoms with van der Waals surface area (Å²) in [7, 11) is 1.65. The molecule has 3 heterocycles. The number of aromatic nitrogens is 3. The van der Waals surface area contributed by atoms with E-state index in [2.05, 4.69) is 20.0 Å². The maximum absolute atomic E-state index is 5.95. The van der Waals surface area contributed by atoms with Crippen molar-refractivity contribution in [3.63, 3.8) is 0 Å². The highest BCUT2D eigenvalue weighted by atomic mass is 16.5. The average molecular weight is 303 g/mol. The van der Waals surface area contributed by atoms with Crippen LogP contribution < -0.4 is 10.6 Å². The van der Waals surface area contributed by atoms with Crippen LogP contribution in [0.25, 0.3) is 11.5 Å². The molecule has 7 nitrogen and oxygen atoms in total. The third kappa shape index (κ3) is 3.42. The standard InChI is InChI=1S/C15H21N5O2/c1-21-9-5-13-18-15(22-19-13)11-2-6-17-14(10-11)20-7-3-12(16)4-8-20/h2,6,10,12H,3-5,7-9,16H2,1H3. The average Bonchev–Trinajstić information content (AvgIpc) is 3.03. The van der Waals surface area contributed by atoms with Crippen molar-refractivity contribution in [3.05, 3.63) is 24.2 Å². The van der Waals surface area contributed by atoms with Crippen molar-refractivity contribution < 1.29 is 9.26 Å². The van der Waals surface area contributed by atoms with E-state index in [4.69, 9.17) is 15.0 Å². The Balaban J connectivity index is 1.74. The number of hydrogen-bond donors (Lipinski definition) is 1. The molecular formula is C15H21N5O2. The number of ether oxygens (including phenoxy) is 1. The van der Waals surface area contributed by atoms with Gasteiger partial charge < -0.3 is 19.9 Å². The second-order valence-electron chi connectivity index (χ2n) is 5.49. The lowest BCUT2D eigenvalue weighted by atomic mass is 10.1. The highest BCUT2D eigenvalue weighted by Crippen LogP contribution is 2.23.